The Morgan fingerprint density at radius 2 is 1.80 bits per heavy atom. The lowest BCUT2D eigenvalue weighted by atomic mass is 9.56. The van der Waals surface area contributed by atoms with Crippen LogP contribution < -0.4 is 4.74 Å². The van der Waals surface area contributed by atoms with Crippen molar-refractivity contribution in [3.05, 3.63) is 90.5 Å². The molecular weight excluding hydrogens is 516 g/mol. The molecule has 1 aliphatic heterocycles. The highest BCUT2D eigenvalue weighted by Crippen LogP contribution is 2.51. The molecule has 0 spiro atoms. The number of rotatable bonds is 7. The average molecular weight is 555 g/mol. The van der Waals surface area contributed by atoms with Crippen LogP contribution in [0.5, 0.6) is 5.75 Å². The summed E-state index contributed by atoms with van der Waals surface area (Å²) in [5.74, 6) is -0.287. The summed E-state index contributed by atoms with van der Waals surface area (Å²) in [5.41, 5.74) is 1.27. The first-order chi connectivity index (χ1) is 19.7. The van der Waals surface area contributed by atoms with Crippen molar-refractivity contribution in [1.29, 1.82) is 0 Å². The zero-order chi connectivity index (χ0) is 29.1. The van der Waals surface area contributed by atoms with Crippen molar-refractivity contribution in [3.8, 4) is 5.75 Å². The lowest BCUT2D eigenvalue weighted by Crippen LogP contribution is -2.61. The van der Waals surface area contributed by atoms with Gasteiger partial charge in [-0.2, -0.15) is 0 Å². The standard InChI is InChI=1S/C34H38N2O5/c1-5-16-36-17-15-34(28-11-8-12-30(19-28)40-23(2)37)21-29(20-32(31(34)22-36)41-24(3)38)35(4)33(39)27-14-13-25-9-6-7-10-26(25)18-27/h5-14,18-19,29,31-32H,1,15-17,20-22H2,2-4H3/t29-,31+,32?,34+/m1/s1. The fourth-order valence-electron chi connectivity index (χ4n) is 6.94. The maximum atomic E-state index is 13.9. The van der Waals surface area contributed by atoms with Crippen LogP contribution in [0.15, 0.2) is 79.4 Å². The van der Waals surface area contributed by atoms with E-state index in [0.29, 0.717) is 24.2 Å². The molecule has 41 heavy (non-hydrogen) atoms. The van der Waals surface area contributed by atoms with Gasteiger partial charge in [0, 0.05) is 63.3 Å². The summed E-state index contributed by atoms with van der Waals surface area (Å²) >= 11 is 0. The summed E-state index contributed by atoms with van der Waals surface area (Å²) in [6.45, 7) is 9.08. The van der Waals surface area contributed by atoms with E-state index < -0.39 is 5.41 Å². The van der Waals surface area contributed by atoms with Gasteiger partial charge >= 0.3 is 11.9 Å². The molecule has 3 aromatic rings. The van der Waals surface area contributed by atoms with Crippen molar-refractivity contribution >= 4 is 28.6 Å². The van der Waals surface area contributed by atoms with E-state index in [-0.39, 0.29) is 35.9 Å². The van der Waals surface area contributed by atoms with E-state index in [0.717, 1.165) is 42.4 Å². The van der Waals surface area contributed by atoms with E-state index in [1.165, 1.54) is 13.8 Å². The Labute approximate surface area is 241 Å². The lowest BCUT2D eigenvalue weighted by Gasteiger charge is -2.56. The van der Waals surface area contributed by atoms with Gasteiger partial charge in [0.2, 0.25) is 0 Å². The van der Waals surface area contributed by atoms with Crippen LogP contribution in [0.3, 0.4) is 0 Å². The molecule has 7 nitrogen and oxygen atoms in total. The summed E-state index contributed by atoms with van der Waals surface area (Å²) in [6, 6.07) is 21.3. The first-order valence-corrected chi connectivity index (χ1v) is 14.3. The summed E-state index contributed by atoms with van der Waals surface area (Å²) < 4.78 is 11.5. The van der Waals surface area contributed by atoms with Crippen molar-refractivity contribution < 1.29 is 23.9 Å². The van der Waals surface area contributed by atoms with E-state index in [9.17, 15) is 14.4 Å². The Morgan fingerprint density at radius 3 is 2.54 bits per heavy atom. The summed E-state index contributed by atoms with van der Waals surface area (Å²) in [7, 11) is 1.85. The topological polar surface area (TPSA) is 76.2 Å². The van der Waals surface area contributed by atoms with E-state index in [1.54, 1.807) is 6.07 Å². The number of hydrogen-bond acceptors (Lipinski definition) is 6. The first-order valence-electron chi connectivity index (χ1n) is 14.3. The normalized spacial score (nSPS) is 24.2. The number of benzene rings is 3. The van der Waals surface area contributed by atoms with Crippen LogP contribution in [-0.4, -0.2) is 66.5 Å². The van der Waals surface area contributed by atoms with Gasteiger partial charge in [-0.05, 0) is 60.0 Å². The molecule has 1 heterocycles. The Bertz CT molecular complexity index is 1470. The van der Waals surface area contributed by atoms with Gasteiger partial charge in [-0.15, -0.1) is 6.58 Å². The predicted octanol–water partition coefficient (Wildman–Crippen LogP) is 5.38. The quantitative estimate of drug-likeness (QED) is 0.222. The van der Waals surface area contributed by atoms with E-state index in [1.807, 2.05) is 72.6 Å². The highest BCUT2D eigenvalue weighted by molar-refractivity contribution is 5.98. The highest BCUT2D eigenvalue weighted by atomic mass is 16.5. The summed E-state index contributed by atoms with van der Waals surface area (Å²) in [6.07, 6.45) is 3.57. The molecular formula is C34H38N2O5. The van der Waals surface area contributed by atoms with Gasteiger partial charge in [-0.3, -0.25) is 19.3 Å². The van der Waals surface area contributed by atoms with Gasteiger partial charge in [0.05, 0.1) is 0 Å². The van der Waals surface area contributed by atoms with Crippen molar-refractivity contribution in [2.24, 2.45) is 5.92 Å². The number of fused-ring (bicyclic) bond motifs is 2. The van der Waals surface area contributed by atoms with Crippen LogP contribution >= 0.6 is 0 Å². The zero-order valence-electron chi connectivity index (χ0n) is 24.0. The van der Waals surface area contributed by atoms with Crippen molar-refractivity contribution in [1.82, 2.24) is 9.80 Å². The third kappa shape index (κ3) is 5.91. The number of carbonyl (C=O) groups excluding carboxylic acids is 3. The molecule has 0 bridgehead atoms. The molecule has 1 unspecified atom stereocenters. The van der Waals surface area contributed by atoms with Crippen LogP contribution in [0.2, 0.25) is 0 Å². The fraction of sp³-hybridized carbons (Fsp3) is 0.382. The van der Waals surface area contributed by atoms with Crippen molar-refractivity contribution in [2.75, 3.05) is 26.7 Å². The number of amides is 1. The minimum absolute atomic E-state index is 0.00639. The number of ether oxygens (including phenoxy) is 2. The molecule has 3 aromatic carbocycles. The number of likely N-dealkylation sites (tertiary alicyclic amines) is 1. The third-order valence-electron chi connectivity index (χ3n) is 8.83. The van der Waals surface area contributed by atoms with E-state index in [2.05, 4.69) is 17.5 Å². The van der Waals surface area contributed by atoms with Crippen LogP contribution in [0, 0.1) is 5.92 Å². The maximum absolute atomic E-state index is 13.9. The Morgan fingerprint density at radius 1 is 1.02 bits per heavy atom. The second kappa shape index (κ2) is 11.9. The molecule has 214 valence electrons. The molecule has 1 amide bonds. The molecule has 1 aliphatic carbocycles. The van der Waals surface area contributed by atoms with Crippen LogP contribution in [0.4, 0.5) is 0 Å². The van der Waals surface area contributed by atoms with Crippen molar-refractivity contribution in [3.63, 3.8) is 0 Å². The molecule has 2 fully saturated rings. The number of esters is 2. The Kier molecular flexibility index (Phi) is 8.27. The number of piperidine rings is 1. The molecule has 4 atom stereocenters. The number of hydrogen-bond donors (Lipinski definition) is 0. The van der Waals surface area contributed by atoms with Crippen LogP contribution in [0.1, 0.15) is 49.0 Å². The summed E-state index contributed by atoms with van der Waals surface area (Å²) in [4.78, 5) is 42.2. The molecule has 0 aromatic heterocycles. The monoisotopic (exact) mass is 554 g/mol. The third-order valence-corrected chi connectivity index (χ3v) is 8.83. The summed E-state index contributed by atoms with van der Waals surface area (Å²) in [5, 5.41) is 2.10. The lowest BCUT2D eigenvalue weighted by molar-refractivity contribution is -0.158. The average Bonchev–Trinajstić information content (AvgIpc) is 2.96. The van der Waals surface area contributed by atoms with Gasteiger partial charge in [0.15, 0.2) is 0 Å². The van der Waals surface area contributed by atoms with E-state index in [4.69, 9.17) is 9.47 Å². The molecule has 1 saturated carbocycles. The maximum Gasteiger partial charge on any atom is 0.308 e. The highest BCUT2D eigenvalue weighted by Gasteiger charge is 2.54. The largest absolute Gasteiger partial charge is 0.462 e. The fourth-order valence-corrected chi connectivity index (χ4v) is 6.94. The molecule has 2 aliphatic rings. The van der Waals surface area contributed by atoms with Gasteiger partial charge in [-0.1, -0.05) is 48.5 Å². The Hall–Kier alpha value is -3.97. The molecule has 5 rings (SSSR count). The van der Waals surface area contributed by atoms with Gasteiger partial charge in [-0.25, -0.2) is 0 Å². The first kappa shape index (κ1) is 28.6. The number of nitrogens with zero attached hydrogens (tertiary/aromatic N) is 2. The molecule has 0 N–H and O–H groups in total. The van der Waals surface area contributed by atoms with Gasteiger partial charge < -0.3 is 14.4 Å². The van der Waals surface area contributed by atoms with Crippen molar-refractivity contribution in [2.45, 2.75) is 50.7 Å². The molecule has 7 heteroatoms. The van der Waals surface area contributed by atoms with E-state index >= 15 is 0 Å². The van der Waals surface area contributed by atoms with Gasteiger partial charge in [0.25, 0.3) is 5.91 Å². The van der Waals surface area contributed by atoms with Gasteiger partial charge in [0.1, 0.15) is 11.9 Å². The number of carbonyl (C=O) groups is 3. The van der Waals surface area contributed by atoms with Crippen LogP contribution in [0.25, 0.3) is 10.8 Å². The second-order valence-corrected chi connectivity index (χ2v) is 11.4. The van der Waals surface area contributed by atoms with Crippen LogP contribution in [-0.2, 0) is 19.7 Å². The minimum Gasteiger partial charge on any atom is -0.462 e. The molecule has 1 saturated heterocycles. The minimum atomic E-state index is -0.394. The SMILES string of the molecule is C=CCN1CC[C@@]2(c3cccc(OC(C)=O)c3)C[C@H](N(C)C(=O)c3ccc4ccccc4c3)CC(OC(C)=O)[C@@H]2C1. The Balaban J connectivity index is 1.54. The predicted molar refractivity (Wildman–Crippen MR) is 159 cm³/mol. The smallest absolute Gasteiger partial charge is 0.308 e. The zero-order valence-corrected chi connectivity index (χ0v) is 24.0. The second-order valence-electron chi connectivity index (χ2n) is 11.4. The molecule has 0 radical (unpaired) electrons.